The zero-order valence-corrected chi connectivity index (χ0v) is 7.28. The molecule has 0 atom stereocenters. The van der Waals surface area contributed by atoms with Gasteiger partial charge in [0.25, 0.3) is 0 Å². The highest BCUT2D eigenvalue weighted by Crippen LogP contribution is 2.18. The van der Waals surface area contributed by atoms with Gasteiger partial charge in [-0.25, -0.2) is 9.59 Å². The van der Waals surface area contributed by atoms with Crippen molar-refractivity contribution in [2.24, 2.45) is 0 Å². The largest absolute Gasteiger partial charge is 0.478 e. The fourth-order valence-corrected chi connectivity index (χ4v) is 1.25. The lowest BCUT2D eigenvalue weighted by molar-refractivity contribution is 0.0648. The van der Waals surface area contributed by atoms with Crippen molar-refractivity contribution in [1.82, 2.24) is 0 Å². The average molecular weight is 198 g/mol. The molecule has 0 saturated carbocycles. The molecule has 0 heterocycles. The molecule has 0 radical (unpaired) electrons. The summed E-state index contributed by atoms with van der Waals surface area (Å²) < 4.78 is 0. The van der Waals surface area contributed by atoms with E-state index in [2.05, 4.69) is 12.6 Å². The fourth-order valence-electron chi connectivity index (χ4n) is 0.943. The zero-order chi connectivity index (χ0) is 10.0. The first-order valence-corrected chi connectivity index (χ1v) is 3.77. The number of carboxylic acid groups (broad SMARTS) is 2. The highest BCUT2D eigenvalue weighted by Gasteiger charge is 2.17. The molecule has 0 amide bonds. The van der Waals surface area contributed by atoms with Crippen LogP contribution in [0.3, 0.4) is 0 Å². The van der Waals surface area contributed by atoms with E-state index in [1.807, 2.05) is 0 Å². The normalized spacial score (nSPS) is 9.62. The Kier molecular flexibility index (Phi) is 2.57. The third-order valence-corrected chi connectivity index (χ3v) is 1.86. The van der Waals surface area contributed by atoms with Gasteiger partial charge in [0.05, 0.1) is 11.1 Å². The molecular formula is C8H6O4S. The van der Waals surface area contributed by atoms with Crippen LogP contribution in [0, 0.1) is 0 Å². The number of hydrogen-bond donors (Lipinski definition) is 3. The Hall–Kier alpha value is -1.49. The Labute approximate surface area is 79.2 Å². The molecule has 1 aromatic rings. The van der Waals surface area contributed by atoms with Gasteiger partial charge in [0, 0.05) is 4.90 Å². The molecule has 0 aromatic heterocycles. The molecule has 13 heavy (non-hydrogen) atoms. The standard InChI is InChI=1S/C8H6O4S/c9-7(10)4-2-1-3-5(13)6(4)8(11)12/h1-3,13H,(H,9,10)(H,11,12). The van der Waals surface area contributed by atoms with Crippen LogP contribution in [0.15, 0.2) is 23.1 Å². The van der Waals surface area contributed by atoms with Crippen LogP contribution in [-0.4, -0.2) is 22.2 Å². The van der Waals surface area contributed by atoms with Crippen molar-refractivity contribution < 1.29 is 19.8 Å². The van der Waals surface area contributed by atoms with E-state index in [4.69, 9.17) is 10.2 Å². The lowest BCUT2D eigenvalue weighted by Crippen LogP contribution is -2.08. The second kappa shape index (κ2) is 3.49. The molecule has 0 fully saturated rings. The number of benzene rings is 1. The number of carbonyl (C=O) groups is 2. The van der Waals surface area contributed by atoms with E-state index in [1.165, 1.54) is 18.2 Å². The van der Waals surface area contributed by atoms with Crippen molar-refractivity contribution in [3.05, 3.63) is 29.3 Å². The lowest BCUT2D eigenvalue weighted by atomic mass is 10.1. The molecule has 0 aliphatic rings. The Balaban J connectivity index is 3.43. The molecule has 4 nitrogen and oxygen atoms in total. The van der Waals surface area contributed by atoms with Gasteiger partial charge in [-0.1, -0.05) is 6.07 Å². The van der Waals surface area contributed by atoms with Crippen molar-refractivity contribution in [3.63, 3.8) is 0 Å². The first-order valence-electron chi connectivity index (χ1n) is 3.32. The van der Waals surface area contributed by atoms with Crippen LogP contribution in [0.1, 0.15) is 20.7 Å². The van der Waals surface area contributed by atoms with E-state index in [-0.39, 0.29) is 16.0 Å². The number of hydrogen-bond acceptors (Lipinski definition) is 3. The summed E-state index contributed by atoms with van der Waals surface area (Å²) in [6, 6.07) is 4.10. The first-order chi connectivity index (χ1) is 6.04. The molecule has 0 aliphatic heterocycles. The zero-order valence-electron chi connectivity index (χ0n) is 6.39. The molecule has 68 valence electrons. The van der Waals surface area contributed by atoms with Gasteiger partial charge in [0.1, 0.15) is 0 Å². The van der Waals surface area contributed by atoms with E-state index in [0.29, 0.717) is 0 Å². The minimum atomic E-state index is -1.29. The van der Waals surface area contributed by atoms with Crippen LogP contribution < -0.4 is 0 Å². The molecule has 0 unspecified atom stereocenters. The Morgan fingerprint density at radius 3 is 2.15 bits per heavy atom. The maximum atomic E-state index is 10.6. The van der Waals surface area contributed by atoms with Gasteiger partial charge < -0.3 is 10.2 Å². The highest BCUT2D eigenvalue weighted by molar-refractivity contribution is 7.80. The third kappa shape index (κ3) is 1.81. The molecule has 2 N–H and O–H groups in total. The summed E-state index contributed by atoms with van der Waals surface area (Å²) in [4.78, 5) is 21.4. The van der Waals surface area contributed by atoms with Crippen LogP contribution in [0.25, 0.3) is 0 Å². The predicted octanol–water partition coefficient (Wildman–Crippen LogP) is 1.37. The van der Waals surface area contributed by atoms with Crippen molar-refractivity contribution in [3.8, 4) is 0 Å². The summed E-state index contributed by atoms with van der Waals surface area (Å²) in [5.41, 5.74) is -0.529. The van der Waals surface area contributed by atoms with E-state index in [0.717, 1.165) is 0 Å². The van der Waals surface area contributed by atoms with Gasteiger partial charge in [-0.15, -0.1) is 12.6 Å². The molecule has 0 spiro atoms. The molecule has 5 heteroatoms. The summed E-state index contributed by atoms with van der Waals surface area (Å²) in [5.74, 6) is -2.56. The van der Waals surface area contributed by atoms with Crippen LogP contribution in [0.4, 0.5) is 0 Å². The van der Waals surface area contributed by atoms with Crippen LogP contribution >= 0.6 is 12.6 Å². The van der Waals surface area contributed by atoms with E-state index < -0.39 is 11.9 Å². The molecular weight excluding hydrogens is 192 g/mol. The van der Waals surface area contributed by atoms with E-state index in [9.17, 15) is 9.59 Å². The molecule has 0 bridgehead atoms. The number of thiol groups is 1. The van der Waals surface area contributed by atoms with Crippen LogP contribution in [0.2, 0.25) is 0 Å². The van der Waals surface area contributed by atoms with Crippen LogP contribution in [-0.2, 0) is 0 Å². The van der Waals surface area contributed by atoms with Crippen molar-refractivity contribution in [2.45, 2.75) is 4.90 Å². The quantitative estimate of drug-likeness (QED) is 0.627. The Morgan fingerprint density at radius 2 is 1.77 bits per heavy atom. The maximum absolute atomic E-state index is 10.6. The molecule has 0 aliphatic carbocycles. The Morgan fingerprint density at radius 1 is 1.15 bits per heavy atom. The van der Waals surface area contributed by atoms with Crippen molar-refractivity contribution in [2.75, 3.05) is 0 Å². The highest BCUT2D eigenvalue weighted by atomic mass is 32.1. The second-order valence-electron chi connectivity index (χ2n) is 2.31. The van der Waals surface area contributed by atoms with Crippen LogP contribution in [0.5, 0.6) is 0 Å². The van der Waals surface area contributed by atoms with Gasteiger partial charge in [0.15, 0.2) is 0 Å². The predicted molar refractivity (Wildman–Crippen MR) is 47.6 cm³/mol. The number of aromatic carboxylic acids is 2. The topological polar surface area (TPSA) is 74.6 Å². The number of carboxylic acids is 2. The average Bonchev–Trinajstić information content (AvgIpc) is 2.02. The minimum absolute atomic E-state index is 0.146. The summed E-state index contributed by atoms with van der Waals surface area (Å²) in [6.45, 7) is 0. The summed E-state index contributed by atoms with van der Waals surface area (Å²) in [7, 11) is 0. The van der Waals surface area contributed by atoms with Gasteiger partial charge in [-0.2, -0.15) is 0 Å². The summed E-state index contributed by atoms with van der Waals surface area (Å²) >= 11 is 3.86. The SMILES string of the molecule is O=C(O)c1cccc(S)c1C(=O)O. The van der Waals surface area contributed by atoms with Gasteiger partial charge >= 0.3 is 11.9 Å². The smallest absolute Gasteiger partial charge is 0.337 e. The number of rotatable bonds is 2. The van der Waals surface area contributed by atoms with Gasteiger partial charge in [-0.05, 0) is 12.1 Å². The summed E-state index contributed by atoms with van der Waals surface area (Å²) in [5, 5.41) is 17.3. The minimum Gasteiger partial charge on any atom is -0.478 e. The monoisotopic (exact) mass is 198 g/mol. The van der Waals surface area contributed by atoms with Gasteiger partial charge in [0.2, 0.25) is 0 Å². The lowest BCUT2D eigenvalue weighted by Gasteiger charge is -2.02. The third-order valence-electron chi connectivity index (χ3n) is 1.49. The Bertz CT molecular complexity index is 372. The van der Waals surface area contributed by atoms with E-state index >= 15 is 0 Å². The van der Waals surface area contributed by atoms with E-state index in [1.54, 1.807) is 0 Å². The van der Waals surface area contributed by atoms with Crippen molar-refractivity contribution in [1.29, 1.82) is 0 Å². The first kappa shape index (κ1) is 9.60. The summed E-state index contributed by atoms with van der Waals surface area (Å²) in [6.07, 6.45) is 0. The second-order valence-corrected chi connectivity index (χ2v) is 2.79. The molecule has 0 saturated heterocycles. The fraction of sp³-hybridized carbons (Fsp3) is 0. The molecule has 1 rings (SSSR count). The maximum Gasteiger partial charge on any atom is 0.337 e. The molecule has 1 aromatic carbocycles. The van der Waals surface area contributed by atoms with Gasteiger partial charge in [-0.3, -0.25) is 0 Å². The van der Waals surface area contributed by atoms with Crippen molar-refractivity contribution >= 4 is 24.6 Å².